The van der Waals surface area contributed by atoms with Crippen LogP contribution in [-0.4, -0.2) is 19.0 Å². The lowest BCUT2D eigenvalue weighted by molar-refractivity contribution is -0.122. The van der Waals surface area contributed by atoms with Gasteiger partial charge in [0.1, 0.15) is 5.78 Å². The summed E-state index contributed by atoms with van der Waals surface area (Å²) in [6, 6.07) is 0. The van der Waals surface area contributed by atoms with Gasteiger partial charge in [0.15, 0.2) is 0 Å². The van der Waals surface area contributed by atoms with Gasteiger partial charge in [-0.05, 0) is 0 Å². The maximum absolute atomic E-state index is 11.5. The highest BCUT2D eigenvalue weighted by Crippen LogP contribution is 2.48. The van der Waals surface area contributed by atoms with E-state index in [1.54, 1.807) is 0 Å². The van der Waals surface area contributed by atoms with E-state index in [1.807, 2.05) is 0 Å². The second-order valence-electron chi connectivity index (χ2n) is 3.70. The Labute approximate surface area is 65.2 Å². The molecule has 3 rings (SSSR count). The molecule has 3 aliphatic rings. The van der Waals surface area contributed by atoms with E-state index >= 15 is 0 Å². The fraction of sp³-hybridized carbons (Fsp3) is 0.667. The molecule has 0 spiro atoms. The number of carbonyl (C=O) groups is 1. The predicted octanol–water partition coefficient (Wildman–Crippen LogP) is 0.634. The van der Waals surface area contributed by atoms with E-state index in [2.05, 4.69) is 12.2 Å². The van der Waals surface area contributed by atoms with Gasteiger partial charge in [0.05, 0.1) is 13.2 Å². The Morgan fingerprint density at radius 2 is 1.73 bits per heavy atom. The van der Waals surface area contributed by atoms with E-state index in [1.165, 1.54) is 0 Å². The monoisotopic (exact) mass is 150 g/mol. The molecule has 4 atom stereocenters. The Morgan fingerprint density at radius 1 is 1.18 bits per heavy atom. The summed E-state index contributed by atoms with van der Waals surface area (Å²) in [5.41, 5.74) is 0. The molecule has 2 heteroatoms. The molecule has 2 nitrogen and oxygen atoms in total. The molecule has 0 radical (unpaired) electrons. The Morgan fingerprint density at radius 3 is 2.27 bits per heavy atom. The average molecular weight is 150 g/mol. The van der Waals surface area contributed by atoms with Crippen LogP contribution in [0.4, 0.5) is 0 Å². The highest BCUT2D eigenvalue weighted by molar-refractivity contribution is 5.92. The van der Waals surface area contributed by atoms with Gasteiger partial charge in [0.25, 0.3) is 0 Å². The summed E-state index contributed by atoms with van der Waals surface area (Å²) < 4.78 is 5.35. The first kappa shape index (κ1) is 5.95. The summed E-state index contributed by atoms with van der Waals surface area (Å²) in [4.78, 5) is 11.5. The van der Waals surface area contributed by atoms with E-state index in [0.717, 1.165) is 13.2 Å². The van der Waals surface area contributed by atoms with Crippen molar-refractivity contribution in [2.24, 2.45) is 23.7 Å². The second-order valence-corrected chi connectivity index (χ2v) is 3.70. The van der Waals surface area contributed by atoms with Crippen LogP contribution < -0.4 is 0 Å². The van der Waals surface area contributed by atoms with E-state index < -0.39 is 0 Å². The molecule has 0 unspecified atom stereocenters. The van der Waals surface area contributed by atoms with Gasteiger partial charge in [-0.3, -0.25) is 4.79 Å². The van der Waals surface area contributed by atoms with Crippen LogP contribution in [0, 0.1) is 23.7 Å². The summed E-state index contributed by atoms with van der Waals surface area (Å²) in [6.07, 6.45) is 4.14. The molecule has 0 amide bonds. The minimum atomic E-state index is 0.215. The van der Waals surface area contributed by atoms with Gasteiger partial charge in [0.2, 0.25) is 0 Å². The number of ketones is 1. The second kappa shape index (κ2) is 1.75. The van der Waals surface area contributed by atoms with Gasteiger partial charge in [-0.15, -0.1) is 0 Å². The van der Waals surface area contributed by atoms with E-state index in [-0.39, 0.29) is 11.8 Å². The normalized spacial score (nSPS) is 52.2. The molecule has 1 aliphatic heterocycles. The van der Waals surface area contributed by atoms with Crippen molar-refractivity contribution in [3.05, 3.63) is 12.2 Å². The largest absolute Gasteiger partial charge is 0.381 e. The third-order valence-electron chi connectivity index (χ3n) is 3.28. The van der Waals surface area contributed by atoms with Crippen molar-refractivity contribution in [1.29, 1.82) is 0 Å². The standard InChI is InChI=1S/C9H10O2/c10-9-5-1-2-6(9)8-4-11-3-7(5)8/h1-2,5-8H,3-4H2/t5-,6+,7+,8-. The number of ether oxygens (including phenoxy) is 1. The third-order valence-corrected chi connectivity index (χ3v) is 3.28. The Balaban J connectivity index is 2.05. The van der Waals surface area contributed by atoms with Crippen molar-refractivity contribution in [2.45, 2.75) is 0 Å². The van der Waals surface area contributed by atoms with Crippen LogP contribution in [0.15, 0.2) is 12.2 Å². The van der Waals surface area contributed by atoms with Gasteiger partial charge < -0.3 is 4.74 Å². The topological polar surface area (TPSA) is 26.3 Å². The number of allylic oxidation sites excluding steroid dienone is 2. The van der Waals surface area contributed by atoms with Crippen LogP contribution in [0.25, 0.3) is 0 Å². The zero-order valence-corrected chi connectivity index (χ0v) is 6.19. The zero-order valence-electron chi connectivity index (χ0n) is 6.19. The molecule has 2 fully saturated rings. The fourth-order valence-corrected chi connectivity index (χ4v) is 2.69. The summed E-state index contributed by atoms with van der Waals surface area (Å²) in [5.74, 6) is 1.93. The molecule has 2 bridgehead atoms. The van der Waals surface area contributed by atoms with Crippen molar-refractivity contribution in [3.8, 4) is 0 Å². The molecule has 0 aromatic heterocycles. The SMILES string of the molecule is O=C1[C@H]2C=C[C@@H]1[C@@H]1COC[C@@H]12. The lowest BCUT2D eigenvalue weighted by atomic mass is 9.86. The number of Topliss-reactive ketones (excluding diaryl/α,β-unsaturated/α-hetero) is 1. The van der Waals surface area contributed by atoms with Crippen LogP contribution in [0.1, 0.15) is 0 Å². The predicted molar refractivity (Wildman–Crippen MR) is 38.9 cm³/mol. The minimum absolute atomic E-state index is 0.215. The molecule has 0 aromatic carbocycles. The van der Waals surface area contributed by atoms with Gasteiger partial charge in [-0.1, -0.05) is 12.2 Å². The first-order valence-electron chi connectivity index (χ1n) is 4.18. The van der Waals surface area contributed by atoms with Crippen molar-refractivity contribution in [3.63, 3.8) is 0 Å². The zero-order chi connectivity index (χ0) is 7.42. The molecule has 1 saturated heterocycles. The number of fused-ring (bicyclic) bond motifs is 5. The molecular formula is C9H10O2. The van der Waals surface area contributed by atoms with Crippen LogP contribution in [0.2, 0.25) is 0 Å². The number of carbonyl (C=O) groups excluding carboxylic acids is 1. The summed E-state index contributed by atoms with van der Waals surface area (Å²) >= 11 is 0. The number of hydrogen-bond donors (Lipinski definition) is 0. The number of rotatable bonds is 0. The number of hydrogen-bond acceptors (Lipinski definition) is 2. The summed E-state index contributed by atoms with van der Waals surface area (Å²) in [7, 11) is 0. The maximum atomic E-state index is 11.5. The minimum Gasteiger partial charge on any atom is -0.381 e. The molecule has 2 aliphatic carbocycles. The van der Waals surface area contributed by atoms with Crippen molar-refractivity contribution in [1.82, 2.24) is 0 Å². The van der Waals surface area contributed by atoms with Gasteiger partial charge in [-0.25, -0.2) is 0 Å². The van der Waals surface area contributed by atoms with Gasteiger partial charge >= 0.3 is 0 Å². The first-order chi connectivity index (χ1) is 5.38. The lowest BCUT2D eigenvalue weighted by Crippen LogP contribution is -2.16. The molecule has 0 aromatic rings. The average Bonchev–Trinajstić information content (AvgIpc) is 2.61. The Hall–Kier alpha value is -0.630. The van der Waals surface area contributed by atoms with Crippen LogP contribution >= 0.6 is 0 Å². The highest BCUT2D eigenvalue weighted by Gasteiger charge is 2.53. The quantitative estimate of drug-likeness (QED) is 0.473. The van der Waals surface area contributed by atoms with Gasteiger partial charge in [-0.2, -0.15) is 0 Å². The fourth-order valence-electron chi connectivity index (χ4n) is 2.69. The molecular weight excluding hydrogens is 140 g/mol. The molecule has 1 saturated carbocycles. The molecule has 11 heavy (non-hydrogen) atoms. The smallest absolute Gasteiger partial charge is 0.147 e. The van der Waals surface area contributed by atoms with E-state index in [9.17, 15) is 4.79 Å². The Bertz CT molecular complexity index is 222. The van der Waals surface area contributed by atoms with Crippen molar-refractivity contribution < 1.29 is 9.53 Å². The lowest BCUT2D eigenvalue weighted by Gasteiger charge is -2.14. The third kappa shape index (κ3) is 0.552. The van der Waals surface area contributed by atoms with Crippen LogP contribution in [0.3, 0.4) is 0 Å². The summed E-state index contributed by atoms with van der Waals surface area (Å²) in [5, 5.41) is 0. The van der Waals surface area contributed by atoms with Crippen molar-refractivity contribution in [2.75, 3.05) is 13.2 Å². The Kier molecular flexibility index (Phi) is 0.946. The first-order valence-corrected chi connectivity index (χ1v) is 4.18. The molecule has 1 heterocycles. The van der Waals surface area contributed by atoms with Gasteiger partial charge in [0, 0.05) is 23.7 Å². The van der Waals surface area contributed by atoms with Crippen LogP contribution in [-0.2, 0) is 9.53 Å². The van der Waals surface area contributed by atoms with E-state index in [4.69, 9.17) is 4.74 Å². The van der Waals surface area contributed by atoms with E-state index in [0.29, 0.717) is 17.6 Å². The maximum Gasteiger partial charge on any atom is 0.147 e. The van der Waals surface area contributed by atoms with Crippen LogP contribution in [0.5, 0.6) is 0 Å². The molecule has 58 valence electrons. The van der Waals surface area contributed by atoms with Crippen molar-refractivity contribution >= 4 is 5.78 Å². The highest BCUT2D eigenvalue weighted by atomic mass is 16.5. The molecule has 0 N–H and O–H groups in total. The summed E-state index contributed by atoms with van der Waals surface area (Å²) in [6.45, 7) is 1.61.